The summed E-state index contributed by atoms with van der Waals surface area (Å²) in [5.74, 6) is 0. The van der Waals surface area contributed by atoms with Crippen molar-refractivity contribution in [1.29, 1.82) is 0 Å². The van der Waals surface area contributed by atoms with E-state index in [0.717, 1.165) is 0 Å². The van der Waals surface area contributed by atoms with Gasteiger partial charge >= 0.3 is 6.18 Å². The maximum absolute atomic E-state index is 12.0. The van der Waals surface area contributed by atoms with Crippen LogP contribution in [0.3, 0.4) is 0 Å². The van der Waals surface area contributed by atoms with Gasteiger partial charge in [-0.3, -0.25) is 4.98 Å². The van der Waals surface area contributed by atoms with Crippen LogP contribution in [0.4, 0.5) is 13.2 Å². The van der Waals surface area contributed by atoms with Gasteiger partial charge in [-0.2, -0.15) is 13.2 Å². The van der Waals surface area contributed by atoms with E-state index in [-0.39, 0.29) is 0 Å². The number of alkyl halides is 3. The summed E-state index contributed by atoms with van der Waals surface area (Å²) in [6, 6.07) is 0.424. The van der Waals surface area contributed by atoms with Crippen LogP contribution in [0, 0.1) is 0 Å². The van der Waals surface area contributed by atoms with Gasteiger partial charge in [0.2, 0.25) is 0 Å². The van der Waals surface area contributed by atoms with Gasteiger partial charge in [0.1, 0.15) is 0 Å². The molecule has 0 radical (unpaired) electrons. The van der Waals surface area contributed by atoms with Gasteiger partial charge in [0.15, 0.2) is 0 Å². The Bertz CT molecular complexity index is 314. The molecule has 0 unspecified atom stereocenters. The van der Waals surface area contributed by atoms with Crippen LogP contribution in [-0.4, -0.2) is 11.2 Å². The van der Waals surface area contributed by atoms with Crippen LogP contribution < -0.4 is 5.73 Å². The lowest BCUT2D eigenvalue weighted by Crippen LogP contribution is -2.20. The van der Waals surface area contributed by atoms with Crippen molar-refractivity contribution >= 4 is 15.9 Å². The van der Waals surface area contributed by atoms with Gasteiger partial charge < -0.3 is 5.73 Å². The second-order valence-corrected chi connectivity index (χ2v) is 3.68. The smallest absolute Gasteiger partial charge is 0.324 e. The van der Waals surface area contributed by atoms with E-state index in [1.54, 1.807) is 0 Å². The first-order valence-electron chi connectivity index (χ1n) is 3.82. The van der Waals surface area contributed by atoms with Crippen LogP contribution in [0.2, 0.25) is 0 Å². The zero-order chi connectivity index (χ0) is 10.8. The highest BCUT2D eigenvalue weighted by Crippen LogP contribution is 2.30. The number of hydrogen-bond donors (Lipinski definition) is 1. The van der Waals surface area contributed by atoms with Crippen LogP contribution >= 0.6 is 15.9 Å². The second kappa shape index (κ2) is 4.27. The van der Waals surface area contributed by atoms with Crippen molar-refractivity contribution in [3.63, 3.8) is 0 Å². The highest BCUT2D eigenvalue weighted by Gasteiger charge is 2.31. The molecule has 1 aromatic rings. The predicted molar refractivity (Wildman–Crippen MR) is 49.5 cm³/mol. The van der Waals surface area contributed by atoms with Gasteiger partial charge in [0.25, 0.3) is 0 Å². The molecule has 1 atom stereocenters. The number of rotatable bonds is 2. The molecule has 0 saturated heterocycles. The normalized spacial score (nSPS) is 14.1. The third kappa shape index (κ3) is 3.26. The van der Waals surface area contributed by atoms with E-state index in [9.17, 15) is 13.2 Å². The largest absolute Gasteiger partial charge is 0.390 e. The van der Waals surface area contributed by atoms with Crippen LogP contribution in [0.25, 0.3) is 0 Å². The molecule has 2 nitrogen and oxygen atoms in total. The van der Waals surface area contributed by atoms with E-state index in [4.69, 9.17) is 5.73 Å². The quantitative estimate of drug-likeness (QED) is 0.896. The van der Waals surface area contributed by atoms with Crippen LogP contribution in [0.1, 0.15) is 18.0 Å². The Balaban J connectivity index is 2.80. The van der Waals surface area contributed by atoms with Crippen molar-refractivity contribution in [2.75, 3.05) is 0 Å². The lowest BCUT2D eigenvalue weighted by atomic mass is 10.1. The summed E-state index contributed by atoms with van der Waals surface area (Å²) in [7, 11) is 0. The molecule has 14 heavy (non-hydrogen) atoms. The van der Waals surface area contributed by atoms with Gasteiger partial charge in [0.05, 0.1) is 6.42 Å². The molecule has 0 bridgehead atoms. The summed E-state index contributed by atoms with van der Waals surface area (Å²) < 4.78 is 36.5. The summed E-state index contributed by atoms with van der Waals surface area (Å²) in [5, 5.41) is 0. The number of nitrogens with zero attached hydrogens (tertiary/aromatic N) is 1. The Morgan fingerprint density at radius 3 is 2.64 bits per heavy atom. The van der Waals surface area contributed by atoms with Crippen molar-refractivity contribution < 1.29 is 13.2 Å². The molecule has 78 valence electrons. The lowest BCUT2D eigenvalue weighted by Gasteiger charge is -2.15. The van der Waals surface area contributed by atoms with E-state index in [2.05, 4.69) is 20.9 Å². The minimum atomic E-state index is -4.25. The molecule has 1 rings (SSSR count). The summed E-state index contributed by atoms with van der Waals surface area (Å²) in [6.45, 7) is 0. The fourth-order valence-electron chi connectivity index (χ4n) is 1.05. The SMILES string of the molecule is N[C@@H](CC(F)(F)F)c1ccncc1Br. The maximum atomic E-state index is 12.0. The Morgan fingerprint density at radius 1 is 1.50 bits per heavy atom. The monoisotopic (exact) mass is 268 g/mol. The number of hydrogen-bond acceptors (Lipinski definition) is 2. The van der Waals surface area contributed by atoms with E-state index in [0.29, 0.717) is 10.0 Å². The fraction of sp³-hybridized carbons (Fsp3) is 0.375. The molecule has 2 N–H and O–H groups in total. The number of nitrogens with two attached hydrogens (primary N) is 1. The summed E-state index contributed by atoms with van der Waals surface area (Å²) in [5.41, 5.74) is 5.82. The fourth-order valence-corrected chi connectivity index (χ4v) is 1.59. The average molecular weight is 269 g/mol. The van der Waals surface area contributed by atoms with Crippen LogP contribution in [0.5, 0.6) is 0 Å². The van der Waals surface area contributed by atoms with Crippen molar-refractivity contribution in [3.8, 4) is 0 Å². The van der Waals surface area contributed by atoms with Gasteiger partial charge in [0, 0.05) is 22.9 Å². The first kappa shape index (κ1) is 11.5. The molecular formula is C8H8BrF3N2. The van der Waals surface area contributed by atoms with E-state index in [1.165, 1.54) is 18.5 Å². The van der Waals surface area contributed by atoms with Crippen LogP contribution in [-0.2, 0) is 0 Å². The Hall–Kier alpha value is -0.620. The summed E-state index contributed by atoms with van der Waals surface area (Å²) >= 11 is 3.09. The van der Waals surface area contributed by atoms with E-state index >= 15 is 0 Å². The zero-order valence-corrected chi connectivity index (χ0v) is 8.64. The minimum Gasteiger partial charge on any atom is -0.324 e. The maximum Gasteiger partial charge on any atom is 0.390 e. The predicted octanol–water partition coefficient (Wildman–Crippen LogP) is 2.80. The Kier molecular flexibility index (Phi) is 3.49. The molecule has 1 heterocycles. The lowest BCUT2D eigenvalue weighted by molar-refractivity contribution is -0.138. The average Bonchev–Trinajstić information content (AvgIpc) is 2.01. The summed E-state index contributed by atoms with van der Waals surface area (Å²) in [4.78, 5) is 3.74. The molecule has 0 aromatic carbocycles. The van der Waals surface area contributed by atoms with E-state index < -0.39 is 18.6 Å². The first-order chi connectivity index (χ1) is 6.40. The van der Waals surface area contributed by atoms with Crippen molar-refractivity contribution in [3.05, 3.63) is 28.5 Å². The van der Waals surface area contributed by atoms with Gasteiger partial charge in [-0.05, 0) is 27.6 Å². The highest BCUT2D eigenvalue weighted by atomic mass is 79.9. The molecule has 0 amide bonds. The Labute approximate surface area is 87.4 Å². The highest BCUT2D eigenvalue weighted by molar-refractivity contribution is 9.10. The summed E-state index contributed by atoms with van der Waals surface area (Å²) in [6.07, 6.45) is -2.44. The molecule has 0 aliphatic heterocycles. The molecule has 0 fully saturated rings. The van der Waals surface area contributed by atoms with Crippen LogP contribution in [0.15, 0.2) is 22.9 Å². The standard InChI is InChI=1S/C8H8BrF3N2/c9-6-4-14-2-1-5(6)7(13)3-8(10,11)12/h1-2,4,7H,3,13H2/t7-/m0/s1. The number of pyridine rings is 1. The zero-order valence-electron chi connectivity index (χ0n) is 7.05. The van der Waals surface area contributed by atoms with Crippen molar-refractivity contribution in [2.45, 2.75) is 18.6 Å². The topological polar surface area (TPSA) is 38.9 Å². The Morgan fingerprint density at radius 2 is 2.14 bits per heavy atom. The molecule has 6 heteroatoms. The number of halogens is 4. The molecule has 0 aliphatic carbocycles. The number of aromatic nitrogens is 1. The van der Waals surface area contributed by atoms with Gasteiger partial charge in [-0.1, -0.05) is 0 Å². The molecule has 1 aromatic heterocycles. The molecule has 0 spiro atoms. The molecule has 0 saturated carbocycles. The molecule has 0 aliphatic rings. The van der Waals surface area contributed by atoms with Gasteiger partial charge in [-0.25, -0.2) is 0 Å². The van der Waals surface area contributed by atoms with Gasteiger partial charge in [-0.15, -0.1) is 0 Å². The first-order valence-corrected chi connectivity index (χ1v) is 4.61. The van der Waals surface area contributed by atoms with Crippen molar-refractivity contribution in [1.82, 2.24) is 4.98 Å². The minimum absolute atomic E-state index is 0.414. The van der Waals surface area contributed by atoms with Crippen molar-refractivity contribution in [2.24, 2.45) is 5.73 Å². The van der Waals surface area contributed by atoms with E-state index in [1.807, 2.05) is 0 Å². The molecular weight excluding hydrogens is 261 g/mol. The third-order valence-electron chi connectivity index (χ3n) is 1.65. The third-order valence-corrected chi connectivity index (χ3v) is 2.32. The second-order valence-electron chi connectivity index (χ2n) is 2.82.